The number of nitrogens with one attached hydrogen (secondary N) is 1. The van der Waals surface area contributed by atoms with Crippen LogP contribution in [0.15, 0.2) is 24.3 Å². The van der Waals surface area contributed by atoms with Gasteiger partial charge in [-0.2, -0.15) is 13.2 Å². The Morgan fingerprint density at radius 2 is 1.83 bits per heavy atom. The van der Waals surface area contributed by atoms with Crippen molar-refractivity contribution in [2.75, 3.05) is 6.61 Å². The van der Waals surface area contributed by atoms with Crippen molar-refractivity contribution in [1.82, 2.24) is 5.32 Å². The lowest BCUT2D eigenvalue weighted by molar-refractivity contribution is -0.137. The Bertz CT molecular complexity index is 449. The van der Waals surface area contributed by atoms with Crippen LogP contribution in [0.3, 0.4) is 0 Å². The molecule has 0 bridgehead atoms. The molecule has 1 aromatic rings. The maximum absolute atomic E-state index is 12.3. The Morgan fingerprint density at radius 1 is 1.28 bits per heavy atom. The van der Waals surface area contributed by atoms with Crippen LogP contribution in [-0.2, 0) is 6.18 Å². The highest BCUT2D eigenvalue weighted by Gasteiger charge is 2.43. The van der Waals surface area contributed by atoms with Crippen LogP contribution in [0.4, 0.5) is 13.2 Å². The predicted molar refractivity (Wildman–Crippen MR) is 58.0 cm³/mol. The maximum atomic E-state index is 12.3. The quantitative estimate of drug-likeness (QED) is 0.871. The van der Waals surface area contributed by atoms with Crippen LogP contribution in [0.1, 0.15) is 28.8 Å². The minimum atomic E-state index is -4.40. The molecule has 2 N–H and O–H groups in total. The Morgan fingerprint density at radius 3 is 2.22 bits per heavy atom. The molecule has 6 heteroatoms. The van der Waals surface area contributed by atoms with Crippen LogP contribution in [0.25, 0.3) is 0 Å². The van der Waals surface area contributed by atoms with Gasteiger partial charge in [0, 0.05) is 5.56 Å². The van der Waals surface area contributed by atoms with E-state index in [0.29, 0.717) is 12.8 Å². The molecule has 2 rings (SSSR count). The van der Waals surface area contributed by atoms with Crippen molar-refractivity contribution in [2.45, 2.75) is 24.6 Å². The predicted octanol–water partition coefficient (Wildman–Crippen LogP) is 1.96. The number of amides is 1. The van der Waals surface area contributed by atoms with E-state index in [-0.39, 0.29) is 12.2 Å². The summed E-state index contributed by atoms with van der Waals surface area (Å²) in [4.78, 5) is 11.7. The van der Waals surface area contributed by atoms with Crippen LogP contribution in [0, 0.1) is 0 Å². The van der Waals surface area contributed by atoms with Crippen molar-refractivity contribution in [1.29, 1.82) is 0 Å². The molecule has 0 aliphatic heterocycles. The SMILES string of the molecule is O=C(NC1(CO)CC1)c1ccc(C(F)(F)F)cc1. The summed E-state index contributed by atoms with van der Waals surface area (Å²) in [5, 5.41) is 11.7. The first-order valence-electron chi connectivity index (χ1n) is 5.47. The van der Waals surface area contributed by atoms with E-state index in [1.165, 1.54) is 0 Å². The molecule has 0 spiro atoms. The van der Waals surface area contributed by atoms with Gasteiger partial charge >= 0.3 is 6.18 Å². The van der Waals surface area contributed by atoms with Gasteiger partial charge in [0.05, 0.1) is 17.7 Å². The van der Waals surface area contributed by atoms with Crippen LogP contribution in [-0.4, -0.2) is 23.2 Å². The summed E-state index contributed by atoms with van der Waals surface area (Å²) in [7, 11) is 0. The van der Waals surface area contributed by atoms with Crippen molar-refractivity contribution < 1.29 is 23.1 Å². The Hall–Kier alpha value is -1.56. The lowest BCUT2D eigenvalue weighted by atomic mass is 10.1. The molecule has 0 saturated heterocycles. The number of benzene rings is 1. The molecule has 1 aliphatic carbocycles. The summed E-state index contributed by atoms with van der Waals surface area (Å²) in [5.74, 6) is -0.463. The minimum absolute atomic E-state index is 0.153. The third-order valence-corrected chi connectivity index (χ3v) is 3.01. The first-order valence-corrected chi connectivity index (χ1v) is 5.47. The summed E-state index contributed by atoms with van der Waals surface area (Å²) in [6.07, 6.45) is -3.02. The van der Waals surface area contributed by atoms with Crippen molar-refractivity contribution in [2.24, 2.45) is 0 Å². The van der Waals surface area contributed by atoms with Gasteiger partial charge in [0.25, 0.3) is 5.91 Å². The highest BCUT2D eigenvalue weighted by Crippen LogP contribution is 2.35. The number of rotatable bonds is 3. The van der Waals surface area contributed by atoms with Crippen LogP contribution in [0.5, 0.6) is 0 Å². The first kappa shape index (κ1) is 12.9. The molecule has 1 aromatic carbocycles. The van der Waals surface area contributed by atoms with Crippen molar-refractivity contribution >= 4 is 5.91 Å². The molecular weight excluding hydrogens is 247 g/mol. The number of hydrogen-bond acceptors (Lipinski definition) is 2. The van der Waals surface area contributed by atoms with Crippen molar-refractivity contribution in [3.8, 4) is 0 Å². The van der Waals surface area contributed by atoms with Crippen LogP contribution >= 0.6 is 0 Å². The average molecular weight is 259 g/mol. The second-order valence-corrected chi connectivity index (χ2v) is 4.47. The van der Waals surface area contributed by atoms with E-state index < -0.39 is 23.2 Å². The van der Waals surface area contributed by atoms with Gasteiger partial charge in [0.2, 0.25) is 0 Å². The minimum Gasteiger partial charge on any atom is -0.394 e. The number of carbonyl (C=O) groups is 1. The number of halogens is 3. The topological polar surface area (TPSA) is 49.3 Å². The summed E-state index contributed by atoms with van der Waals surface area (Å²) in [5.41, 5.74) is -1.20. The number of alkyl halides is 3. The highest BCUT2D eigenvalue weighted by atomic mass is 19.4. The number of aliphatic hydroxyl groups excluding tert-OH is 1. The number of carbonyl (C=O) groups excluding carboxylic acids is 1. The van der Waals surface area contributed by atoms with Crippen molar-refractivity contribution in [3.05, 3.63) is 35.4 Å². The molecule has 1 fully saturated rings. The van der Waals surface area contributed by atoms with Gasteiger partial charge in [-0.1, -0.05) is 0 Å². The third-order valence-electron chi connectivity index (χ3n) is 3.01. The zero-order valence-corrected chi connectivity index (χ0v) is 9.42. The van der Waals surface area contributed by atoms with E-state index in [1.54, 1.807) is 0 Å². The summed E-state index contributed by atoms with van der Waals surface area (Å²) in [6.45, 7) is -0.153. The van der Waals surface area contributed by atoms with Gasteiger partial charge in [0.15, 0.2) is 0 Å². The Labute approximate surface area is 102 Å². The van der Waals surface area contributed by atoms with Gasteiger partial charge in [-0.3, -0.25) is 4.79 Å². The van der Waals surface area contributed by atoms with Gasteiger partial charge in [0.1, 0.15) is 0 Å². The molecule has 1 amide bonds. The zero-order valence-electron chi connectivity index (χ0n) is 9.42. The molecule has 0 heterocycles. The first-order chi connectivity index (χ1) is 8.36. The largest absolute Gasteiger partial charge is 0.416 e. The van der Waals surface area contributed by atoms with E-state index in [2.05, 4.69) is 5.32 Å². The molecule has 0 atom stereocenters. The fraction of sp³-hybridized carbons (Fsp3) is 0.417. The molecule has 18 heavy (non-hydrogen) atoms. The fourth-order valence-corrected chi connectivity index (χ4v) is 1.60. The third kappa shape index (κ3) is 2.64. The summed E-state index contributed by atoms with van der Waals surface area (Å²) < 4.78 is 37.0. The molecule has 0 aromatic heterocycles. The number of hydrogen-bond donors (Lipinski definition) is 2. The summed E-state index contributed by atoms with van der Waals surface area (Å²) in [6, 6.07) is 4.00. The van der Waals surface area contributed by atoms with Crippen LogP contribution in [0.2, 0.25) is 0 Å². The van der Waals surface area contributed by atoms with Gasteiger partial charge in [-0.25, -0.2) is 0 Å². The Balaban J connectivity index is 2.08. The van der Waals surface area contributed by atoms with E-state index >= 15 is 0 Å². The second kappa shape index (κ2) is 4.28. The average Bonchev–Trinajstić information content (AvgIpc) is 3.08. The van der Waals surface area contributed by atoms with E-state index in [0.717, 1.165) is 24.3 Å². The maximum Gasteiger partial charge on any atom is 0.416 e. The molecule has 98 valence electrons. The second-order valence-electron chi connectivity index (χ2n) is 4.47. The molecule has 0 unspecified atom stereocenters. The normalized spacial score (nSPS) is 17.3. The smallest absolute Gasteiger partial charge is 0.394 e. The van der Waals surface area contributed by atoms with Gasteiger partial charge in [-0.15, -0.1) is 0 Å². The molecular formula is C12H12F3NO2. The summed E-state index contributed by atoms with van der Waals surface area (Å²) >= 11 is 0. The van der Waals surface area contributed by atoms with E-state index in [1.807, 2.05) is 0 Å². The highest BCUT2D eigenvalue weighted by molar-refractivity contribution is 5.95. The zero-order chi connectivity index (χ0) is 13.4. The van der Waals surface area contributed by atoms with Gasteiger partial charge < -0.3 is 10.4 Å². The van der Waals surface area contributed by atoms with Crippen LogP contribution < -0.4 is 5.32 Å². The van der Waals surface area contributed by atoms with Gasteiger partial charge in [-0.05, 0) is 37.1 Å². The fourth-order valence-electron chi connectivity index (χ4n) is 1.60. The molecule has 1 saturated carbocycles. The monoisotopic (exact) mass is 259 g/mol. The Kier molecular flexibility index (Phi) is 3.06. The molecule has 3 nitrogen and oxygen atoms in total. The van der Waals surface area contributed by atoms with E-state index in [9.17, 15) is 18.0 Å². The standard InChI is InChI=1S/C12H12F3NO2/c13-12(14,15)9-3-1-8(2-4-9)10(18)16-11(7-17)5-6-11/h1-4,17H,5-7H2,(H,16,18). The lowest BCUT2D eigenvalue weighted by Gasteiger charge is -2.14. The number of aliphatic hydroxyl groups is 1. The molecule has 0 radical (unpaired) electrons. The van der Waals surface area contributed by atoms with Crippen molar-refractivity contribution in [3.63, 3.8) is 0 Å². The molecule has 1 aliphatic rings. The van der Waals surface area contributed by atoms with E-state index in [4.69, 9.17) is 5.11 Å². The lowest BCUT2D eigenvalue weighted by Crippen LogP contribution is -2.39.